The first-order valence-electron chi connectivity index (χ1n) is 8.18. The second-order valence-corrected chi connectivity index (χ2v) is 6.54. The summed E-state index contributed by atoms with van der Waals surface area (Å²) in [5, 5.41) is 24.6. The van der Waals surface area contributed by atoms with E-state index in [2.05, 4.69) is 31.1 Å². The summed E-state index contributed by atoms with van der Waals surface area (Å²) in [4.78, 5) is 0. The number of para-hydroxylation sites is 1. The Bertz CT molecular complexity index is 999. The third-order valence-corrected chi connectivity index (χ3v) is 4.81. The zero-order chi connectivity index (χ0) is 18.5. The van der Waals surface area contributed by atoms with Gasteiger partial charge >= 0.3 is 0 Å². The van der Waals surface area contributed by atoms with Gasteiger partial charge in [-0.3, -0.25) is 0 Å². The second kappa shape index (κ2) is 7.96. The average molecular weight is 380 g/mol. The summed E-state index contributed by atoms with van der Waals surface area (Å²) in [6.45, 7) is 0.572. The van der Waals surface area contributed by atoms with E-state index in [1.165, 1.54) is 11.8 Å². The smallest absolute Gasteiger partial charge is 0.210 e. The number of aromatic nitrogens is 8. The molecular weight excluding hydrogens is 364 g/mol. The van der Waals surface area contributed by atoms with Gasteiger partial charge in [0.15, 0.2) is 5.82 Å². The maximum absolute atomic E-state index is 5.18. The highest BCUT2D eigenvalue weighted by Gasteiger charge is 2.13. The van der Waals surface area contributed by atoms with Gasteiger partial charge in [0.1, 0.15) is 5.75 Å². The van der Waals surface area contributed by atoms with Crippen molar-refractivity contribution in [2.24, 2.45) is 0 Å². The first-order valence-corrected chi connectivity index (χ1v) is 9.16. The van der Waals surface area contributed by atoms with Gasteiger partial charge in [-0.25, -0.2) is 4.68 Å². The molecule has 0 amide bonds. The van der Waals surface area contributed by atoms with Crippen LogP contribution in [-0.4, -0.2) is 47.5 Å². The molecule has 27 heavy (non-hydrogen) atoms. The molecule has 136 valence electrons. The summed E-state index contributed by atoms with van der Waals surface area (Å²) in [5.74, 6) is 2.09. The third kappa shape index (κ3) is 3.95. The number of thioether (sulfide) groups is 1. The summed E-state index contributed by atoms with van der Waals surface area (Å²) < 4.78 is 8.65. The third-order valence-electron chi connectivity index (χ3n) is 3.86. The molecule has 10 heteroatoms. The Hall–Kier alpha value is -3.27. The number of hydrogen-bond acceptors (Lipinski definition) is 8. The minimum atomic E-state index is 0.547. The molecule has 0 aliphatic rings. The quantitative estimate of drug-likeness (QED) is 0.449. The molecule has 0 aliphatic heterocycles. The molecular formula is C17H16N8OS. The lowest BCUT2D eigenvalue weighted by Gasteiger charge is -2.06. The minimum Gasteiger partial charge on any atom is -0.497 e. The SMILES string of the molecule is COc1ccc(Cn2nnnc2SCc2nnnn2-c2ccccc2)cc1. The highest BCUT2D eigenvalue weighted by Crippen LogP contribution is 2.21. The Morgan fingerprint density at radius 2 is 1.70 bits per heavy atom. The summed E-state index contributed by atoms with van der Waals surface area (Å²) in [5.41, 5.74) is 2.00. The molecule has 0 atom stereocenters. The Labute approximate surface area is 159 Å². The minimum absolute atomic E-state index is 0.547. The molecule has 0 saturated heterocycles. The van der Waals surface area contributed by atoms with Crippen LogP contribution in [0.1, 0.15) is 11.4 Å². The van der Waals surface area contributed by atoms with Crippen molar-refractivity contribution in [1.29, 1.82) is 0 Å². The van der Waals surface area contributed by atoms with Crippen LogP contribution < -0.4 is 4.74 Å². The predicted molar refractivity (Wildman–Crippen MR) is 98.6 cm³/mol. The van der Waals surface area contributed by atoms with Crippen molar-refractivity contribution in [3.8, 4) is 11.4 Å². The van der Waals surface area contributed by atoms with Gasteiger partial charge in [0.25, 0.3) is 0 Å². The van der Waals surface area contributed by atoms with Crippen LogP contribution in [0.15, 0.2) is 59.8 Å². The van der Waals surface area contributed by atoms with E-state index in [1.807, 2.05) is 54.6 Å². The van der Waals surface area contributed by atoms with Crippen molar-refractivity contribution in [2.75, 3.05) is 7.11 Å². The summed E-state index contributed by atoms with van der Waals surface area (Å²) in [7, 11) is 1.65. The van der Waals surface area contributed by atoms with Crippen molar-refractivity contribution in [1.82, 2.24) is 40.4 Å². The van der Waals surface area contributed by atoms with Crippen molar-refractivity contribution < 1.29 is 4.74 Å². The molecule has 9 nitrogen and oxygen atoms in total. The topological polar surface area (TPSA) is 96.4 Å². The van der Waals surface area contributed by atoms with Gasteiger partial charge in [-0.2, -0.15) is 4.68 Å². The van der Waals surface area contributed by atoms with Gasteiger partial charge in [0.2, 0.25) is 5.16 Å². The van der Waals surface area contributed by atoms with E-state index in [0.29, 0.717) is 17.5 Å². The molecule has 0 bridgehead atoms. The fourth-order valence-electron chi connectivity index (χ4n) is 2.50. The second-order valence-electron chi connectivity index (χ2n) is 5.60. The lowest BCUT2D eigenvalue weighted by Crippen LogP contribution is -2.05. The Balaban J connectivity index is 1.46. The molecule has 0 radical (unpaired) electrons. The number of rotatable bonds is 7. The maximum Gasteiger partial charge on any atom is 0.210 e. The van der Waals surface area contributed by atoms with Crippen LogP contribution in [0, 0.1) is 0 Å². The van der Waals surface area contributed by atoms with Crippen molar-refractivity contribution in [3.05, 3.63) is 66.0 Å². The normalized spacial score (nSPS) is 10.9. The van der Waals surface area contributed by atoms with Gasteiger partial charge in [-0.15, -0.1) is 10.2 Å². The van der Waals surface area contributed by atoms with Crippen LogP contribution >= 0.6 is 11.8 Å². The molecule has 4 aromatic rings. The highest BCUT2D eigenvalue weighted by molar-refractivity contribution is 7.98. The molecule has 0 unspecified atom stereocenters. The molecule has 0 N–H and O–H groups in total. The summed E-state index contributed by atoms with van der Waals surface area (Å²) in [6.07, 6.45) is 0. The van der Waals surface area contributed by atoms with Gasteiger partial charge in [0.05, 0.1) is 25.1 Å². The lowest BCUT2D eigenvalue weighted by atomic mass is 10.2. The van der Waals surface area contributed by atoms with E-state index in [9.17, 15) is 0 Å². The number of nitrogens with zero attached hydrogens (tertiary/aromatic N) is 8. The Morgan fingerprint density at radius 3 is 2.48 bits per heavy atom. The van der Waals surface area contributed by atoms with Crippen molar-refractivity contribution in [2.45, 2.75) is 17.5 Å². The molecule has 0 saturated carbocycles. The molecule has 4 rings (SSSR count). The van der Waals surface area contributed by atoms with Gasteiger partial charge in [0, 0.05) is 0 Å². The number of benzene rings is 2. The number of ether oxygens (including phenoxy) is 1. The standard InChI is InChI=1S/C17H16N8OS/c1-26-15-9-7-13(8-10-15)11-24-17(19-21-22-24)27-12-16-18-20-23-25(16)14-5-3-2-4-6-14/h2-10H,11-12H2,1H3. The monoisotopic (exact) mass is 380 g/mol. The molecule has 2 aromatic heterocycles. The highest BCUT2D eigenvalue weighted by atomic mass is 32.2. The van der Waals surface area contributed by atoms with E-state index in [0.717, 1.165) is 22.8 Å². The zero-order valence-corrected chi connectivity index (χ0v) is 15.3. The fraction of sp³-hybridized carbons (Fsp3) is 0.176. The first-order chi connectivity index (χ1) is 13.3. The Morgan fingerprint density at radius 1 is 0.926 bits per heavy atom. The van der Waals surface area contributed by atoms with Crippen molar-refractivity contribution in [3.63, 3.8) is 0 Å². The van der Waals surface area contributed by atoms with Gasteiger partial charge in [-0.05, 0) is 50.7 Å². The van der Waals surface area contributed by atoms with Crippen LogP contribution in [0.5, 0.6) is 5.75 Å². The summed E-state index contributed by atoms with van der Waals surface area (Å²) >= 11 is 1.49. The number of hydrogen-bond donors (Lipinski definition) is 0. The van der Waals surface area contributed by atoms with Crippen LogP contribution in [-0.2, 0) is 12.3 Å². The number of methoxy groups -OCH3 is 1. The molecule has 2 heterocycles. The average Bonchev–Trinajstić information content (AvgIpc) is 3.37. The molecule has 0 fully saturated rings. The van der Waals surface area contributed by atoms with Gasteiger partial charge in [-0.1, -0.05) is 42.1 Å². The van der Waals surface area contributed by atoms with E-state index < -0.39 is 0 Å². The van der Waals surface area contributed by atoms with E-state index in [1.54, 1.807) is 16.5 Å². The van der Waals surface area contributed by atoms with Crippen LogP contribution in [0.4, 0.5) is 0 Å². The maximum atomic E-state index is 5.18. The fourth-order valence-corrected chi connectivity index (χ4v) is 3.28. The van der Waals surface area contributed by atoms with Crippen LogP contribution in [0.3, 0.4) is 0 Å². The molecule has 2 aromatic carbocycles. The van der Waals surface area contributed by atoms with E-state index in [-0.39, 0.29) is 0 Å². The van der Waals surface area contributed by atoms with Crippen LogP contribution in [0.25, 0.3) is 5.69 Å². The lowest BCUT2D eigenvalue weighted by molar-refractivity contribution is 0.414. The molecule has 0 spiro atoms. The van der Waals surface area contributed by atoms with E-state index >= 15 is 0 Å². The number of tetrazole rings is 2. The van der Waals surface area contributed by atoms with E-state index in [4.69, 9.17) is 4.74 Å². The van der Waals surface area contributed by atoms with Crippen molar-refractivity contribution >= 4 is 11.8 Å². The Kier molecular flexibility index (Phi) is 5.06. The largest absolute Gasteiger partial charge is 0.497 e. The van der Waals surface area contributed by atoms with Crippen LogP contribution in [0.2, 0.25) is 0 Å². The zero-order valence-electron chi connectivity index (χ0n) is 14.5. The predicted octanol–water partition coefficient (Wildman–Crippen LogP) is 2.00. The first kappa shape index (κ1) is 17.2. The summed E-state index contributed by atoms with van der Waals surface area (Å²) in [6, 6.07) is 17.6. The van der Waals surface area contributed by atoms with Gasteiger partial charge < -0.3 is 4.74 Å². The molecule has 0 aliphatic carbocycles.